The summed E-state index contributed by atoms with van der Waals surface area (Å²) in [6.07, 6.45) is 5.08. The third-order valence-electron chi connectivity index (χ3n) is 5.13. The molecule has 3 heterocycles. The van der Waals surface area contributed by atoms with Crippen molar-refractivity contribution >= 4 is 17.7 Å². The van der Waals surface area contributed by atoms with Crippen LogP contribution >= 0.6 is 11.8 Å². The molecule has 4 rings (SSSR count). The predicted molar refractivity (Wildman–Crippen MR) is 119 cm³/mol. The van der Waals surface area contributed by atoms with Crippen molar-refractivity contribution in [3.63, 3.8) is 0 Å². The maximum Gasteiger partial charge on any atom is 0.233 e. The quantitative estimate of drug-likeness (QED) is 0.386. The maximum absolute atomic E-state index is 12.9. The van der Waals surface area contributed by atoms with Gasteiger partial charge in [-0.2, -0.15) is 0 Å². The summed E-state index contributed by atoms with van der Waals surface area (Å²) in [5, 5.41) is 9.38. The lowest BCUT2D eigenvalue weighted by atomic mass is 10.1. The lowest BCUT2D eigenvalue weighted by molar-refractivity contribution is -0.128. The van der Waals surface area contributed by atoms with E-state index in [-0.39, 0.29) is 17.7 Å². The fourth-order valence-corrected chi connectivity index (χ4v) is 4.07. The lowest BCUT2D eigenvalue weighted by Crippen LogP contribution is -2.31. The molecule has 0 fully saturated rings. The number of carbonyl (C=O) groups excluding carboxylic acids is 1. The van der Waals surface area contributed by atoms with Crippen molar-refractivity contribution in [2.24, 2.45) is 0 Å². The monoisotopic (exact) mass is 433 g/mol. The third-order valence-corrected chi connectivity index (χ3v) is 6.08. The molecule has 0 radical (unpaired) electrons. The first-order valence-electron chi connectivity index (χ1n) is 9.93. The molecule has 0 aliphatic heterocycles. The Morgan fingerprint density at radius 2 is 1.87 bits per heavy atom. The normalized spacial score (nSPS) is 11.9. The molecular formula is C23H23N5O2S. The van der Waals surface area contributed by atoms with Crippen LogP contribution in [0.15, 0.2) is 82.8 Å². The number of aromatic nitrogens is 4. The van der Waals surface area contributed by atoms with Gasteiger partial charge in [0.15, 0.2) is 11.0 Å². The number of pyridine rings is 1. The largest absolute Gasteiger partial charge is 0.467 e. The van der Waals surface area contributed by atoms with E-state index in [4.69, 9.17) is 4.42 Å². The first-order chi connectivity index (χ1) is 15.1. The van der Waals surface area contributed by atoms with Crippen molar-refractivity contribution in [3.05, 3.63) is 84.6 Å². The second kappa shape index (κ2) is 9.61. The molecular weight excluding hydrogens is 410 g/mol. The van der Waals surface area contributed by atoms with Gasteiger partial charge in [-0.3, -0.25) is 14.3 Å². The van der Waals surface area contributed by atoms with E-state index in [1.807, 2.05) is 73.1 Å². The highest BCUT2D eigenvalue weighted by atomic mass is 32.2. The Hall–Kier alpha value is -3.39. The average molecular weight is 434 g/mol. The Labute approximate surface area is 185 Å². The van der Waals surface area contributed by atoms with Gasteiger partial charge in [0.05, 0.1) is 24.6 Å². The summed E-state index contributed by atoms with van der Waals surface area (Å²) >= 11 is 1.37. The van der Waals surface area contributed by atoms with Gasteiger partial charge in [0, 0.05) is 25.0 Å². The molecule has 0 saturated heterocycles. The number of nitrogens with zero attached hydrogens (tertiary/aromatic N) is 5. The number of carbonyl (C=O) groups is 1. The lowest BCUT2D eigenvalue weighted by Gasteiger charge is -2.25. The maximum atomic E-state index is 12.9. The van der Waals surface area contributed by atoms with Crippen LogP contribution in [0.25, 0.3) is 11.4 Å². The first-order valence-corrected chi connectivity index (χ1v) is 10.9. The highest BCUT2D eigenvalue weighted by molar-refractivity contribution is 7.99. The van der Waals surface area contributed by atoms with Crippen molar-refractivity contribution < 1.29 is 9.21 Å². The van der Waals surface area contributed by atoms with E-state index in [0.717, 1.165) is 16.9 Å². The molecule has 3 aromatic heterocycles. The Bertz CT molecular complexity index is 1110. The van der Waals surface area contributed by atoms with E-state index in [9.17, 15) is 4.79 Å². The number of furan rings is 1. The molecule has 31 heavy (non-hydrogen) atoms. The van der Waals surface area contributed by atoms with Gasteiger partial charge in [0.2, 0.25) is 5.91 Å². The van der Waals surface area contributed by atoms with Crippen LogP contribution in [-0.2, 0) is 11.3 Å². The minimum absolute atomic E-state index is 0.0114. The van der Waals surface area contributed by atoms with Crippen LogP contribution in [0.4, 0.5) is 0 Å². The standard InChI is InChI=1S/C23H23N5O2S/c1-17(18-7-4-3-5-8-18)27(2)21(29)16-31-23-26-25-22(19-10-12-24-13-11-19)28(23)15-20-9-6-14-30-20/h3-14,17H,15-16H2,1-2H3/t17-/m0/s1. The summed E-state index contributed by atoms with van der Waals surface area (Å²) in [5.74, 6) is 1.79. The summed E-state index contributed by atoms with van der Waals surface area (Å²) in [7, 11) is 1.83. The third kappa shape index (κ3) is 4.86. The molecule has 0 spiro atoms. The predicted octanol–water partition coefficient (Wildman–Crippen LogP) is 4.29. The van der Waals surface area contributed by atoms with Gasteiger partial charge < -0.3 is 9.32 Å². The summed E-state index contributed by atoms with van der Waals surface area (Å²) in [6, 6.07) is 17.5. The van der Waals surface area contributed by atoms with Crippen LogP contribution in [-0.4, -0.2) is 43.4 Å². The van der Waals surface area contributed by atoms with Crippen LogP contribution in [0.3, 0.4) is 0 Å². The molecule has 0 saturated carbocycles. The Morgan fingerprint density at radius 3 is 2.58 bits per heavy atom. The highest BCUT2D eigenvalue weighted by Crippen LogP contribution is 2.26. The molecule has 0 unspecified atom stereocenters. The van der Waals surface area contributed by atoms with Crippen molar-refractivity contribution in [3.8, 4) is 11.4 Å². The summed E-state index contributed by atoms with van der Waals surface area (Å²) in [5.41, 5.74) is 2.01. The smallest absolute Gasteiger partial charge is 0.233 e. The fraction of sp³-hybridized carbons (Fsp3) is 0.217. The van der Waals surface area contributed by atoms with Gasteiger partial charge in [-0.05, 0) is 36.8 Å². The second-order valence-corrected chi connectivity index (χ2v) is 8.03. The zero-order valence-corrected chi connectivity index (χ0v) is 18.2. The molecule has 1 aromatic carbocycles. The van der Waals surface area contributed by atoms with E-state index >= 15 is 0 Å². The van der Waals surface area contributed by atoms with Crippen molar-refractivity contribution in [1.82, 2.24) is 24.6 Å². The van der Waals surface area contributed by atoms with E-state index in [2.05, 4.69) is 15.2 Å². The van der Waals surface area contributed by atoms with Crippen LogP contribution in [0.5, 0.6) is 0 Å². The topological polar surface area (TPSA) is 77.1 Å². The van der Waals surface area contributed by atoms with E-state index in [1.54, 1.807) is 23.6 Å². The van der Waals surface area contributed by atoms with Crippen LogP contribution in [0.1, 0.15) is 24.3 Å². The van der Waals surface area contributed by atoms with Crippen LogP contribution in [0, 0.1) is 0 Å². The molecule has 158 valence electrons. The Balaban J connectivity index is 1.51. The van der Waals surface area contributed by atoms with Crippen molar-refractivity contribution in [2.45, 2.75) is 24.7 Å². The number of amides is 1. The molecule has 0 aliphatic rings. The number of hydrogen-bond acceptors (Lipinski definition) is 6. The molecule has 1 amide bonds. The zero-order chi connectivity index (χ0) is 21.6. The first kappa shape index (κ1) is 20.9. The molecule has 0 bridgehead atoms. The zero-order valence-electron chi connectivity index (χ0n) is 17.4. The second-order valence-electron chi connectivity index (χ2n) is 7.09. The number of benzene rings is 1. The highest BCUT2D eigenvalue weighted by Gasteiger charge is 2.20. The Kier molecular flexibility index (Phi) is 6.47. The fourth-order valence-electron chi connectivity index (χ4n) is 3.21. The minimum atomic E-state index is -0.0114. The number of hydrogen-bond donors (Lipinski definition) is 0. The SMILES string of the molecule is C[C@@H](c1ccccc1)N(C)C(=O)CSc1nnc(-c2ccncc2)n1Cc1ccco1. The number of rotatable bonds is 8. The van der Waals surface area contributed by atoms with Gasteiger partial charge in [-0.1, -0.05) is 42.1 Å². The van der Waals surface area contributed by atoms with E-state index < -0.39 is 0 Å². The van der Waals surface area contributed by atoms with E-state index in [0.29, 0.717) is 17.5 Å². The molecule has 1 atom stereocenters. The van der Waals surface area contributed by atoms with Gasteiger partial charge in [0.1, 0.15) is 5.76 Å². The number of thioether (sulfide) groups is 1. The summed E-state index contributed by atoms with van der Waals surface area (Å²) in [6.45, 7) is 2.50. The minimum Gasteiger partial charge on any atom is -0.467 e. The molecule has 7 nitrogen and oxygen atoms in total. The van der Waals surface area contributed by atoms with E-state index in [1.165, 1.54) is 11.8 Å². The van der Waals surface area contributed by atoms with Crippen LogP contribution in [0.2, 0.25) is 0 Å². The molecule has 8 heteroatoms. The van der Waals surface area contributed by atoms with Crippen molar-refractivity contribution in [1.29, 1.82) is 0 Å². The summed E-state index contributed by atoms with van der Waals surface area (Å²) < 4.78 is 7.49. The van der Waals surface area contributed by atoms with Gasteiger partial charge in [-0.25, -0.2) is 0 Å². The summed E-state index contributed by atoms with van der Waals surface area (Å²) in [4.78, 5) is 18.7. The molecule has 0 aliphatic carbocycles. The molecule has 4 aromatic rings. The van der Waals surface area contributed by atoms with Crippen molar-refractivity contribution in [2.75, 3.05) is 12.8 Å². The van der Waals surface area contributed by atoms with Crippen LogP contribution < -0.4 is 0 Å². The van der Waals surface area contributed by atoms with Gasteiger partial charge in [-0.15, -0.1) is 10.2 Å². The molecule has 0 N–H and O–H groups in total. The Morgan fingerprint density at radius 1 is 1.10 bits per heavy atom. The van der Waals surface area contributed by atoms with Gasteiger partial charge in [0.25, 0.3) is 0 Å². The van der Waals surface area contributed by atoms with Gasteiger partial charge >= 0.3 is 0 Å². The average Bonchev–Trinajstić information content (AvgIpc) is 3.48.